The molecule has 3 heterocycles. The highest BCUT2D eigenvalue weighted by molar-refractivity contribution is 6.12. The van der Waals surface area contributed by atoms with Gasteiger partial charge >= 0.3 is 0 Å². The zero-order valence-corrected chi connectivity index (χ0v) is 43.8. The first-order chi connectivity index (χ1) is 39.8. The van der Waals surface area contributed by atoms with Crippen LogP contribution in [-0.2, 0) is 6.42 Å². The second kappa shape index (κ2) is 21.8. The predicted molar refractivity (Wildman–Crippen MR) is 328 cm³/mol. The van der Waals surface area contributed by atoms with Gasteiger partial charge in [0.1, 0.15) is 0 Å². The number of aromatic nitrogens is 3. The van der Waals surface area contributed by atoms with Gasteiger partial charge in [-0.1, -0.05) is 194 Å². The largest absolute Gasteiger partial charge is 0.322 e. The Hall–Kier alpha value is -11.0. The van der Waals surface area contributed by atoms with E-state index in [9.17, 15) is 14.4 Å². The molecule has 10 aromatic carbocycles. The Labute approximate surface area is 468 Å². The predicted octanol–water partition coefficient (Wildman–Crippen LogP) is 17.3. The maximum absolute atomic E-state index is 14.4. The van der Waals surface area contributed by atoms with Gasteiger partial charge in [0.05, 0.1) is 33.6 Å². The molecule has 0 saturated heterocycles. The summed E-state index contributed by atoms with van der Waals surface area (Å²) in [5.41, 5.74) is 16.6. The van der Waals surface area contributed by atoms with Gasteiger partial charge in [0.2, 0.25) is 0 Å². The molecule has 0 fully saturated rings. The van der Waals surface area contributed by atoms with Crippen molar-refractivity contribution in [2.75, 3.05) is 10.6 Å². The number of pyridine rings is 3. The zero-order valence-electron chi connectivity index (χ0n) is 43.8. The topological polar surface area (TPSA) is 114 Å². The van der Waals surface area contributed by atoms with Gasteiger partial charge in [-0.25, -0.2) is 15.0 Å². The number of para-hydroxylation sites is 3. The minimum Gasteiger partial charge on any atom is -0.322 e. The molecule has 0 aliphatic heterocycles. The SMILES string of the molecule is O=C(Cc1ccc(-c2cc(-c3ccccc3)c3ccccc3n2)cc1)c1cc(C(=O)Nc2ccc(-c3cc(-c4ccccc4)c4ccccc4n3)cc2)cc(C(=O)Nc2ccc(-c3cc(-c4ccccc4)c4ccccc4n3)cc2)c1. The zero-order chi connectivity index (χ0) is 54.7. The number of fused-ring (bicyclic) bond motifs is 3. The fourth-order valence-electron chi connectivity index (χ4n) is 10.5. The van der Waals surface area contributed by atoms with Crippen molar-refractivity contribution in [1.82, 2.24) is 15.0 Å². The maximum atomic E-state index is 14.4. The standard InChI is InChI=1S/C73H49N5O3/c79-71(40-47-28-30-51(31-29-47)68-44-62(48-16-4-1-5-17-48)59-22-10-13-25-65(59)76-68)54-41-55(72(80)74-57-36-32-52(33-37-57)69-45-63(49-18-6-2-7-19-49)60-23-11-14-26-66(60)77-69)43-56(42-54)73(81)75-58-38-34-53(35-39-58)70-46-64(50-20-8-3-9-21-50)61-24-12-15-27-67(61)78-70/h1-39,41-46H,40H2,(H,74,80)(H,75,81). The maximum Gasteiger partial charge on any atom is 0.255 e. The van der Waals surface area contributed by atoms with Crippen LogP contribution in [0.3, 0.4) is 0 Å². The highest BCUT2D eigenvalue weighted by atomic mass is 16.2. The molecule has 0 saturated carbocycles. The minimum absolute atomic E-state index is 0.0271. The molecule has 13 rings (SSSR count). The van der Waals surface area contributed by atoms with Gasteiger partial charge in [0, 0.05) is 67.3 Å². The molecule has 0 atom stereocenters. The summed E-state index contributed by atoms with van der Waals surface area (Å²) in [4.78, 5) is 58.1. The summed E-state index contributed by atoms with van der Waals surface area (Å²) in [6, 6.07) is 88.8. The van der Waals surface area contributed by atoms with Crippen molar-refractivity contribution in [3.05, 3.63) is 295 Å². The van der Waals surface area contributed by atoms with Crippen LogP contribution in [0.25, 0.3) is 99.9 Å². The molecule has 0 bridgehead atoms. The van der Waals surface area contributed by atoms with Crippen LogP contribution >= 0.6 is 0 Å². The number of ketones is 1. The number of nitrogens with zero attached hydrogens (tertiary/aromatic N) is 3. The van der Waals surface area contributed by atoms with E-state index in [1.165, 1.54) is 6.07 Å². The van der Waals surface area contributed by atoms with Gasteiger partial charge in [-0.05, 0) is 118 Å². The monoisotopic (exact) mass is 1040 g/mol. The van der Waals surface area contributed by atoms with Crippen molar-refractivity contribution in [3.63, 3.8) is 0 Å². The summed E-state index contributed by atoms with van der Waals surface area (Å²) in [6.07, 6.45) is 0.0271. The fraction of sp³-hybridized carbons (Fsp3) is 0.0137. The Morgan fingerprint density at radius 2 is 0.605 bits per heavy atom. The summed E-state index contributed by atoms with van der Waals surface area (Å²) in [7, 11) is 0. The number of carbonyl (C=O) groups is 3. The van der Waals surface area contributed by atoms with E-state index < -0.39 is 11.8 Å². The van der Waals surface area contributed by atoms with E-state index in [1.807, 2.05) is 182 Å². The molecule has 0 radical (unpaired) electrons. The van der Waals surface area contributed by atoms with E-state index in [2.05, 4.69) is 83.4 Å². The second-order valence-corrected chi connectivity index (χ2v) is 20.0. The lowest BCUT2D eigenvalue weighted by molar-refractivity contribution is 0.0993. The van der Waals surface area contributed by atoms with Crippen molar-refractivity contribution in [3.8, 4) is 67.2 Å². The number of anilines is 2. The van der Waals surface area contributed by atoms with Crippen LogP contribution < -0.4 is 10.6 Å². The number of hydrogen-bond acceptors (Lipinski definition) is 6. The number of hydrogen-bond donors (Lipinski definition) is 2. The van der Waals surface area contributed by atoms with Crippen LogP contribution in [0.1, 0.15) is 36.6 Å². The Bertz CT molecular complexity index is 4040. The van der Waals surface area contributed by atoms with Crippen molar-refractivity contribution in [1.29, 1.82) is 0 Å². The molecule has 81 heavy (non-hydrogen) atoms. The van der Waals surface area contributed by atoms with Gasteiger partial charge in [-0.2, -0.15) is 0 Å². The van der Waals surface area contributed by atoms with E-state index in [1.54, 1.807) is 12.1 Å². The Balaban J connectivity index is 0.784. The minimum atomic E-state index is -0.481. The number of benzene rings is 10. The second-order valence-electron chi connectivity index (χ2n) is 20.0. The molecule has 0 aliphatic carbocycles. The van der Waals surface area contributed by atoms with Gasteiger partial charge in [-0.3, -0.25) is 14.4 Å². The molecule has 13 aromatic rings. The first-order valence-electron chi connectivity index (χ1n) is 26.8. The molecule has 0 spiro atoms. The van der Waals surface area contributed by atoms with E-state index in [0.29, 0.717) is 11.4 Å². The van der Waals surface area contributed by atoms with Gasteiger partial charge in [-0.15, -0.1) is 0 Å². The summed E-state index contributed by atoms with van der Waals surface area (Å²) >= 11 is 0. The smallest absolute Gasteiger partial charge is 0.255 e. The van der Waals surface area contributed by atoms with Gasteiger partial charge in [0.15, 0.2) is 5.78 Å². The lowest BCUT2D eigenvalue weighted by Crippen LogP contribution is -2.18. The quantitative estimate of drug-likeness (QED) is 0.111. The molecule has 0 aliphatic rings. The summed E-state index contributed by atoms with van der Waals surface area (Å²) in [5, 5.41) is 9.21. The van der Waals surface area contributed by atoms with Crippen LogP contribution in [0, 0.1) is 0 Å². The molecule has 8 nitrogen and oxygen atoms in total. The Morgan fingerprint density at radius 1 is 0.296 bits per heavy atom. The molecule has 2 N–H and O–H groups in total. The molecule has 2 amide bonds. The Kier molecular flexibility index (Phi) is 13.4. The van der Waals surface area contributed by atoms with E-state index >= 15 is 0 Å². The number of nitrogens with one attached hydrogen (secondary N) is 2. The third-order valence-electron chi connectivity index (χ3n) is 14.7. The van der Waals surface area contributed by atoms with Crippen LogP contribution in [0.4, 0.5) is 11.4 Å². The number of amides is 2. The van der Waals surface area contributed by atoms with Crippen molar-refractivity contribution in [2.45, 2.75) is 6.42 Å². The Morgan fingerprint density at radius 3 is 0.963 bits per heavy atom. The molecule has 8 heteroatoms. The molecular weight excluding hydrogens is 995 g/mol. The number of carbonyl (C=O) groups excluding carboxylic acids is 3. The van der Waals surface area contributed by atoms with Crippen LogP contribution in [0.5, 0.6) is 0 Å². The van der Waals surface area contributed by atoms with E-state index in [-0.39, 0.29) is 28.9 Å². The molecular formula is C73H49N5O3. The van der Waals surface area contributed by atoms with Crippen LogP contribution in [0.2, 0.25) is 0 Å². The lowest BCUT2D eigenvalue weighted by Gasteiger charge is -2.13. The van der Waals surface area contributed by atoms with Crippen LogP contribution in [-0.4, -0.2) is 32.5 Å². The van der Waals surface area contributed by atoms with Crippen molar-refractivity contribution >= 4 is 61.7 Å². The average molecular weight is 1040 g/mol. The van der Waals surface area contributed by atoms with Crippen molar-refractivity contribution in [2.24, 2.45) is 0 Å². The van der Waals surface area contributed by atoms with Crippen molar-refractivity contribution < 1.29 is 14.4 Å². The van der Waals surface area contributed by atoms with Gasteiger partial charge in [0.25, 0.3) is 11.8 Å². The lowest BCUT2D eigenvalue weighted by atomic mass is 9.96. The summed E-state index contributed by atoms with van der Waals surface area (Å²) in [6.45, 7) is 0. The number of rotatable bonds is 13. The molecule has 3 aromatic heterocycles. The summed E-state index contributed by atoms with van der Waals surface area (Å²) in [5.74, 6) is -1.22. The van der Waals surface area contributed by atoms with E-state index in [4.69, 9.17) is 15.0 Å². The third kappa shape index (κ3) is 10.5. The highest BCUT2D eigenvalue weighted by Crippen LogP contribution is 2.36. The first-order valence-corrected chi connectivity index (χ1v) is 26.8. The summed E-state index contributed by atoms with van der Waals surface area (Å²) < 4.78 is 0. The average Bonchev–Trinajstić information content (AvgIpc) is 3.61. The van der Waals surface area contributed by atoms with E-state index in [0.717, 1.165) is 105 Å². The van der Waals surface area contributed by atoms with Crippen LogP contribution in [0.15, 0.2) is 273 Å². The molecule has 0 unspecified atom stereocenters. The molecule has 384 valence electrons. The highest BCUT2D eigenvalue weighted by Gasteiger charge is 2.20. The fourth-order valence-corrected chi connectivity index (χ4v) is 10.5. The number of Topliss-reactive ketones (excluding diaryl/α,β-unsaturated/α-hetero) is 1. The third-order valence-corrected chi connectivity index (χ3v) is 14.7. The first kappa shape index (κ1) is 49.6. The van der Waals surface area contributed by atoms with Gasteiger partial charge < -0.3 is 10.6 Å². The normalized spacial score (nSPS) is 11.2.